The van der Waals surface area contributed by atoms with Crippen molar-refractivity contribution in [3.63, 3.8) is 0 Å². The van der Waals surface area contributed by atoms with E-state index in [0.717, 1.165) is 24.1 Å². The van der Waals surface area contributed by atoms with E-state index in [1.165, 1.54) is 17.5 Å². The Kier molecular flexibility index (Phi) is 5.41. The molecule has 1 fully saturated rings. The Hall–Kier alpha value is -1.83. The smallest absolute Gasteiger partial charge is 0.243 e. The summed E-state index contributed by atoms with van der Waals surface area (Å²) in [6.45, 7) is 0.385. The molecule has 140 valence electrons. The second-order valence-electron chi connectivity index (χ2n) is 5.96. The molecule has 0 radical (unpaired) electrons. The van der Waals surface area contributed by atoms with Crippen LogP contribution in [0.3, 0.4) is 0 Å². The van der Waals surface area contributed by atoms with Gasteiger partial charge in [0.2, 0.25) is 10.0 Å². The quantitative estimate of drug-likeness (QED) is 0.761. The number of ether oxygens (including phenoxy) is 2. The van der Waals surface area contributed by atoms with Gasteiger partial charge in [-0.2, -0.15) is 4.31 Å². The fourth-order valence-electron chi connectivity index (χ4n) is 3.19. The van der Waals surface area contributed by atoms with Gasteiger partial charge in [-0.25, -0.2) is 12.8 Å². The highest BCUT2D eigenvalue weighted by atomic mass is 35.5. The summed E-state index contributed by atoms with van der Waals surface area (Å²) in [5.41, 5.74) is 0.817. The Morgan fingerprint density at radius 3 is 2.50 bits per heavy atom. The molecule has 8 heteroatoms. The SMILES string of the molecule is COc1ccc(C2CCCN2S(=O)(=O)c2ccc(F)c(Cl)c2)cc1OC. The predicted octanol–water partition coefficient (Wildman–Crippen LogP) is 4.02. The topological polar surface area (TPSA) is 55.8 Å². The fourth-order valence-corrected chi connectivity index (χ4v) is 5.15. The standard InChI is InChI=1S/C18H19ClFNO4S/c1-24-17-8-5-12(10-18(17)25-2)16-4-3-9-21(16)26(22,23)13-6-7-15(20)14(19)11-13/h5-8,10-11,16H,3-4,9H2,1-2H3. The van der Waals surface area contributed by atoms with E-state index in [0.29, 0.717) is 24.5 Å². The van der Waals surface area contributed by atoms with Gasteiger partial charge in [0.25, 0.3) is 0 Å². The molecule has 1 unspecified atom stereocenters. The summed E-state index contributed by atoms with van der Waals surface area (Å²) in [4.78, 5) is -0.0173. The minimum Gasteiger partial charge on any atom is -0.493 e. The number of sulfonamides is 1. The zero-order valence-electron chi connectivity index (χ0n) is 14.4. The van der Waals surface area contributed by atoms with E-state index in [4.69, 9.17) is 21.1 Å². The number of methoxy groups -OCH3 is 2. The summed E-state index contributed by atoms with van der Waals surface area (Å²) in [6.07, 6.45) is 1.41. The highest BCUT2D eigenvalue weighted by Gasteiger charge is 2.36. The minimum absolute atomic E-state index is 0.0173. The first kappa shape index (κ1) is 18.9. The summed E-state index contributed by atoms with van der Waals surface area (Å²) in [6, 6.07) is 8.50. The molecule has 2 aromatic rings. The Bertz CT molecular complexity index is 919. The minimum atomic E-state index is -3.80. The van der Waals surface area contributed by atoms with Gasteiger partial charge < -0.3 is 9.47 Å². The molecule has 0 N–H and O–H groups in total. The molecule has 5 nitrogen and oxygen atoms in total. The molecule has 0 amide bonds. The van der Waals surface area contributed by atoms with E-state index >= 15 is 0 Å². The van der Waals surface area contributed by atoms with Crippen molar-refractivity contribution >= 4 is 21.6 Å². The normalized spacial score (nSPS) is 18.1. The second-order valence-corrected chi connectivity index (χ2v) is 8.26. The number of hydrogen-bond acceptors (Lipinski definition) is 4. The van der Waals surface area contributed by atoms with Gasteiger partial charge in [0.05, 0.1) is 30.2 Å². The van der Waals surface area contributed by atoms with Crippen LogP contribution in [0.25, 0.3) is 0 Å². The molecular formula is C18H19ClFNO4S. The van der Waals surface area contributed by atoms with Gasteiger partial charge in [0.15, 0.2) is 11.5 Å². The Morgan fingerprint density at radius 1 is 1.12 bits per heavy atom. The van der Waals surface area contributed by atoms with Crippen molar-refractivity contribution in [2.75, 3.05) is 20.8 Å². The maximum Gasteiger partial charge on any atom is 0.243 e. The molecule has 26 heavy (non-hydrogen) atoms. The number of halogens is 2. The molecule has 3 rings (SSSR count). The maximum atomic E-state index is 13.4. The summed E-state index contributed by atoms with van der Waals surface area (Å²) in [5.74, 6) is 0.469. The molecule has 1 heterocycles. The lowest BCUT2D eigenvalue weighted by molar-refractivity contribution is 0.351. The third-order valence-corrected chi connectivity index (χ3v) is 6.69. The molecule has 0 spiro atoms. The molecule has 1 aliphatic rings. The lowest BCUT2D eigenvalue weighted by atomic mass is 10.0. The number of benzene rings is 2. The zero-order chi connectivity index (χ0) is 18.9. The van der Waals surface area contributed by atoms with Crippen molar-refractivity contribution in [2.45, 2.75) is 23.8 Å². The molecule has 0 saturated carbocycles. The van der Waals surface area contributed by atoms with E-state index in [1.807, 2.05) is 6.07 Å². The van der Waals surface area contributed by atoms with Crippen molar-refractivity contribution in [3.8, 4) is 11.5 Å². The molecule has 1 aliphatic heterocycles. The molecule has 0 bridgehead atoms. The van der Waals surface area contributed by atoms with Gasteiger partial charge in [0.1, 0.15) is 5.82 Å². The lowest BCUT2D eigenvalue weighted by Crippen LogP contribution is -2.30. The molecule has 2 aromatic carbocycles. The van der Waals surface area contributed by atoms with Crippen LogP contribution in [0, 0.1) is 5.82 Å². The van der Waals surface area contributed by atoms with Crippen LogP contribution >= 0.6 is 11.6 Å². The number of nitrogens with zero attached hydrogens (tertiary/aromatic N) is 1. The number of rotatable bonds is 5. The summed E-state index contributed by atoms with van der Waals surface area (Å²) in [7, 11) is -0.724. The number of hydrogen-bond donors (Lipinski definition) is 0. The molecular weight excluding hydrogens is 381 g/mol. The van der Waals surface area contributed by atoms with Crippen molar-refractivity contribution in [1.29, 1.82) is 0 Å². The molecule has 1 saturated heterocycles. The third kappa shape index (κ3) is 3.39. The van der Waals surface area contributed by atoms with Gasteiger partial charge in [-0.1, -0.05) is 17.7 Å². The van der Waals surface area contributed by atoms with Gasteiger partial charge in [-0.05, 0) is 48.7 Å². The summed E-state index contributed by atoms with van der Waals surface area (Å²) >= 11 is 5.76. The van der Waals surface area contributed by atoms with Crippen LogP contribution in [-0.4, -0.2) is 33.5 Å². The molecule has 1 atom stereocenters. The van der Waals surface area contributed by atoms with Crippen molar-refractivity contribution in [3.05, 3.63) is 52.8 Å². The predicted molar refractivity (Wildman–Crippen MR) is 96.8 cm³/mol. The van der Waals surface area contributed by atoms with Crippen molar-refractivity contribution in [1.82, 2.24) is 4.31 Å². The van der Waals surface area contributed by atoms with E-state index in [9.17, 15) is 12.8 Å². The van der Waals surface area contributed by atoms with E-state index < -0.39 is 15.8 Å². The van der Waals surface area contributed by atoms with Crippen LogP contribution in [0.4, 0.5) is 4.39 Å². The van der Waals surface area contributed by atoms with E-state index in [1.54, 1.807) is 19.2 Å². The van der Waals surface area contributed by atoms with Crippen LogP contribution in [0.15, 0.2) is 41.3 Å². The van der Waals surface area contributed by atoms with Crippen LogP contribution in [0.1, 0.15) is 24.4 Å². The van der Waals surface area contributed by atoms with Crippen molar-refractivity contribution < 1.29 is 22.3 Å². The van der Waals surface area contributed by atoms with Crippen LogP contribution in [0.2, 0.25) is 5.02 Å². The third-order valence-electron chi connectivity index (χ3n) is 4.49. The highest BCUT2D eigenvalue weighted by molar-refractivity contribution is 7.89. The average molecular weight is 400 g/mol. The van der Waals surface area contributed by atoms with Crippen LogP contribution in [-0.2, 0) is 10.0 Å². The van der Waals surface area contributed by atoms with Gasteiger partial charge >= 0.3 is 0 Å². The van der Waals surface area contributed by atoms with Gasteiger partial charge in [0, 0.05) is 6.54 Å². The van der Waals surface area contributed by atoms with Gasteiger partial charge in [-0.15, -0.1) is 0 Å². The summed E-state index contributed by atoms with van der Waals surface area (Å²) in [5, 5.41) is -0.215. The van der Waals surface area contributed by atoms with E-state index in [-0.39, 0.29) is 16.0 Å². The zero-order valence-corrected chi connectivity index (χ0v) is 16.0. The molecule has 0 aliphatic carbocycles. The van der Waals surface area contributed by atoms with Crippen LogP contribution in [0.5, 0.6) is 11.5 Å². The summed E-state index contributed by atoms with van der Waals surface area (Å²) < 4.78 is 51.5. The second kappa shape index (κ2) is 7.42. The first-order valence-electron chi connectivity index (χ1n) is 8.07. The first-order valence-corrected chi connectivity index (χ1v) is 9.89. The van der Waals surface area contributed by atoms with Gasteiger partial charge in [-0.3, -0.25) is 0 Å². The lowest BCUT2D eigenvalue weighted by Gasteiger charge is -2.25. The molecule has 0 aromatic heterocycles. The van der Waals surface area contributed by atoms with Crippen LogP contribution < -0.4 is 9.47 Å². The van der Waals surface area contributed by atoms with E-state index in [2.05, 4.69) is 0 Å². The fraction of sp³-hybridized carbons (Fsp3) is 0.333. The maximum absolute atomic E-state index is 13.4. The van der Waals surface area contributed by atoms with Crippen molar-refractivity contribution in [2.24, 2.45) is 0 Å². The Labute approximate surface area is 157 Å². The monoisotopic (exact) mass is 399 g/mol. The highest BCUT2D eigenvalue weighted by Crippen LogP contribution is 2.40. The first-order chi connectivity index (χ1) is 12.4. The Balaban J connectivity index is 1.98. The largest absolute Gasteiger partial charge is 0.493 e. The average Bonchev–Trinajstić information content (AvgIpc) is 3.14. The Morgan fingerprint density at radius 2 is 1.85 bits per heavy atom.